The topological polar surface area (TPSA) is 66.5 Å². The number of benzene rings is 1. The van der Waals surface area contributed by atoms with Crippen molar-refractivity contribution in [1.82, 2.24) is 10.2 Å². The molecule has 0 radical (unpaired) electrons. The van der Waals surface area contributed by atoms with Crippen LogP contribution in [0.3, 0.4) is 0 Å². The zero-order valence-electron chi connectivity index (χ0n) is 11.0. The highest BCUT2D eigenvalue weighted by molar-refractivity contribution is 5.85. The van der Waals surface area contributed by atoms with Crippen molar-refractivity contribution in [2.24, 2.45) is 0 Å². The Kier molecular flexibility index (Phi) is 6.29. The fourth-order valence-corrected chi connectivity index (χ4v) is 1.51. The Morgan fingerprint density at radius 1 is 1.26 bits per heavy atom. The summed E-state index contributed by atoms with van der Waals surface area (Å²) in [6, 6.07) is 9.67. The van der Waals surface area contributed by atoms with Gasteiger partial charge < -0.3 is 15.0 Å². The van der Waals surface area contributed by atoms with E-state index in [1.807, 2.05) is 30.3 Å². The predicted molar refractivity (Wildman–Crippen MR) is 71.5 cm³/mol. The van der Waals surface area contributed by atoms with Gasteiger partial charge in [0.2, 0.25) is 11.8 Å². The largest absolute Gasteiger partial charge is 0.347 e. The minimum absolute atomic E-state index is 0.0404. The van der Waals surface area contributed by atoms with Crippen molar-refractivity contribution < 1.29 is 14.4 Å². The lowest BCUT2D eigenvalue weighted by atomic mass is 10.1. The number of amides is 2. The fraction of sp³-hybridized carbons (Fsp3) is 0.357. The SMILES string of the molecule is CN(CC=O)C(=O)CNC(=O)CCc1ccccc1. The zero-order chi connectivity index (χ0) is 14.1. The smallest absolute Gasteiger partial charge is 0.242 e. The number of nitrogens with zero attached hydrogens (tertiary/aromatic N) is 1. The fourth-order valence-electron chi connectivity index (χ4n) is 1.51. The molecule has 0 saturated carbocycles. The van der Waals surface area contributed by atoms with Crippen LogP contribution in [0.1, 0.15) is 12.0 Å². The molecule has 19 heavy (non-hydrogen) atoms. The summed E-state index contributed by atoms with van der Waals surface area (Å²) < 4.78 is 0. The number of carbonyl (C=O) groups excluding carboxylic acids is 3. The van der Waals surface area contributed by atoms with E-state index in [0.717, 1.165) is 5.56 Å². The van der Waals surface area contributed by atoms with Crippen molar-refractivity contribution >= 4 is 18.1 Å². The molecule has 102 valence electrons. The van der Waals surface area contributed by atoms with Crippen molar-refractivity contribution in [3.8, 4) is 0 Å². The maximum absolute atomic E-state index is 11.5. The molecule has 5 nitrogen and oxygen atoms in total. The van der Waals surface area contributed by atoms with E-state index in [9.17, 15) is 14.4 Å². The minimum Gasteiger partial charge on any atom is -0.347 e. The van der Waals surface area contributed by atoms with Gasteiger partial charge in [0.1, 0.15) is 6.29 Å². The molecule has 0 saturated heterocycles. The summed E-state index contributed by atoms with van der Waals surface area (Å²) in [6.07, 6.45) is 1.63. The molecule has 0 atom stereocenters. The number of nitrogens with one attached hydrogen (secondary N) is 1. The van der Waals surface area contributed by atoms with Gasteiger partial charge in [-0.05, 0) is 12.0 Å². The van der Waals surface area contributed by atoms with E-state index in [0.29, 0.717) is 19.1 Å². The monoisotopic (exact) mass is 262 g/mol. The number of hydrogen-bond acceptors (Lipinski definition) is 3. The number of aldehydes is 1. The standard InChI is InChI=1S/C14H18N2O3/c1-16(9-10-17)14(19)11-15-13(18)8-7-12-5-3-2-4-6-12/h2-6,10H,7-9,11H2,1H3,(H,15,18). The molecular weight excluding hydrogens is 244 g/mol. The van der Waals surface area contributed by atoms with Crippen molar-refractivity contribution in [3.63, 3.8) is 0 Å². The van der Waals surface area contributed by atoms with Crippen LogP contribution in [-0.2, 0) is 20.8 Å². The van der Waals surface area contributed by atoms with Gasteiger partial charge in [0.15, 0.2) is 0 Å². The Morgan fingerprint density at radius 2 is 1.95 bits per heavy atom. The molecule has 2 amide bonds. The molecule has 0 aliphatic heterocycles. The minimum atomic E-state index is -0.278. The van der Waals surface area contributed by atoms with Gasteiger partial charge in [0.05, 0.1) is 13.1 Å². The molecule has 0 aliphatic rings. The number of carbonyl (C=O) groups is 3. The summed E-state index contributed by atoms with van der Waals surface area (Å²) in [5.41, 5.74) is 1.09. The average Bonchev–Trinajstić information content (AvgIpc) is 2.43. The molecule has 0 aromatic heterocycles. The van der Waals surface area contributed by atoms with E-state index in [1.54, 1.807) is 0 Å². The Balaban J connectivity index is 2.25. The molecule has 0 fully saturated rings. The van der Waals surface area contributed by atoms with Crippen LogP contribution in [0.25, 0.3) is 0 Å². The van der Waals surface area contributed by atoms with Crippen molar-refractivity contribution in [3.05, 3.63) is 35.9 Å². The van der Waals surface area contributed by atoms with Crippen LogP contribution in [0.4, 0.5) is 0 Å². The molecule has 1 aromatic rings. The van der Waals surface area contributed by atoms with Gasteiger partial charge in [0, 0.05) is 13.5 Å². The second-order valence-corrected chi connectivity index (χ2v) is 4.20. The normalized spacial score (nSPS) is 9.74. The van der Waals surface area contributed by atoms with Crippen LogP contribution in [0.2, 0.25) is 0 Å². The van der Waals surface area contributed by atoms with Crippen LogP contribution < -0.4 is 5.32 Å². The molecule has 1 rings (SSSR count). The molecule has 0 spiro atoms. The van der Waals surface area contributed by atoms with Gasteiger partial charge in [-0.15, -0.1) is 0 Å². The maximum atomic E-state index is 11.5. The molecule has 5 heteroatoms. The molecule has 0 heterocycles. The summed E-state index contributed by atoms with van der Waals surface area (Å²) >= 11 is 0. The third kappa shape index (κ3) is 5.81. The highest BCUT2D eigenvalue weighted by Crippen LogP contribution is 2.01. The lowest BCUT2D eigenvalue weighted by Crippen LogP contribution is -2.38. The first-order valence-electron chi connectivity index (χ1n) is 6.11. The third-order valence-corrected chi connectivity index (χ3v) is 2.69. The second kappa shape index (κ2) is 8.02. The molecule has 0 unspecified atom stereocenters. The quantitative estimate of drug-likeness (QED) is 0.723. The van der Waals surface area contributed by atoms with Crippen molar-refractivity contribution in [2.75, 3.05) is 20.1 Å². The summed E-state index contributed by atoms with van der Waals surface area (Å²) in [7, 11) is 1.52. The van der Waals surface area contributed by atoms with Crippen LogP contribution in [0.15, 0.2) is 30.3 Å². The second-order valence-electron chi connectivity index (χ2n) is 4.20. The first kappa shape index (κ1) is 14.9. The predicted octanol–water partition coefficient (Wildman–Crippen LogP) is 0.393. The highest BCUT2D eigenvalue weighted by atomic mass is 16.2. The van der Waals surface area contributed by atoms with Gasteiger partial charge in [0.25, 0.3) is 0 Å². The number of hydrogen-bond donors (Lipinski definition) is 1. The molecule has 0 bridgehead atoms. The Bertz CT molecular complexity index is 432. The molecule has 1 N–H and O–H groups in total. The first-order valence-corrected chi connectivity index (χ1v) is 6.11. The molecular formula is C14H18N2O3. The number of aryl methyl sites for hydroxylation is 1. The summed E-state index contributed by atoms with van der Waals surface area (Å²) in [5.74, 6) is -0.447. The van der Waals surface area contributed by atoms with Crippen LogP contribution in [0.5, 0.6) is 0 Å². The van der Waals surface area contributed by atoms with E-state index in [1.165, 1.54) is 11.9 Å². The zero-order valence-corrected chi connectivity index (χ0v) is 11.0. The van der Waals surface area contributed by atoms with E-state index in [4.69, 9.17) is 0 Å². The van der Waals surface area contributed by atoms with Gasteiger partial charge in [-0.25, -0.2) is 0 Å². The van der Waals surface area contributed by atoms with E-state index in [-0.39, 0.29) is 24.9 Å². The summed E-state index contributed by atoms with van der Waals surface area (Å²) in [4.78, 5) is 34.5. The van der Waals surface area contributed by atoms with Crippen LogP contribution in [0, 0.1) is 0 Å². The van der Waals surface area contributed by atoms with Gasteiger partial charge in [-0.3, -0.25) is 9.59 Å². The Morgan fingerprint density at radius 3 is 2.58 bits per heavy atom. The van der Waals surface area contributed by atoms with E-state index < -0.39 is 0 Å². The van der Waals surface area contributed by atoms with Crippen molar-refractivity contribution in [2.45, 2.75) is 12.8 Å². The summed E-state index contributed by atoms with van der Waals surface area (Å²) in [5, 5.41) is 2.55. The lowest BCUT2D eigenvalue weighted by molar-refractivity contribution is -0.133. The van der Waals surface area contributed by atoms with Gasteiger partial charge in [-0.2, -0.15) is 0 Å². The van der Waals surface area contributed by atoms with Crippen molar-refractivity contribution in [1.29, 1.82) is 0 Å². The number of likely N-dealkylation sites (N-methyl/N-ethyl adjacent to an activating group) is 1. The highest BCUT2D eigenvalue weighted by Gasteiger charge is 2.09. The van der Waals surface area contributed by atoms with Gasteiger partial charge >= 0.3 is 0 Å². The third-order valence-electron chi connectivity index (χ3n) is 2.69. The Labute approximate surface area is 112 Å². The first-order chi connectivity index (χ1) is 9.13. The van der Waals surface area contributed by atoms with E-state index >= 15 is 0 Å². The average molecular weight is 262 g/mol. The molecule has 0 aliphatic carbocycles. The maximum Gasteiger partial charge on any atom is 0.242 e. The van der Waals surface area contributed by atoms with E-state index in [2.05, 4.69) is 5.32 Å². The van der Waals surface area contributed by atoms with Crippen LogP contribution >= 0.6 is 0 Å². The lowest BCUT2D eigenvalue weighted by Gasteiger charge is -2.13. The molecule has 1 aromatic carbocycles. The Hall–Kier alpha value is -2.17. The summed E-state index contributed by atoms with van der Waals surface area (Å²) in [6.45, 7) is -0.0311. The van der Waals surface area contributed by atoms with Gasteiger partial charge in [-0.1, -0.05) is 30.3 Å². The van der Waals surface area contributed by atoms with Crippen LogP contribution in [-0.4, -0.2) is 43.1 Å². The number of rotatable bonds is 7.